The first-order valence-electron chi connectivity index (χ1n) is 7.60. The molecule has 110 valence electrons. The molecular weight excluding hydrogens is 246 g/mol. The zero-order chi connectivity index (χ0) is 14.8. The minimum Gasteiger partial charge on any atom is -0.328 e. The number of hydrogen-bond donors (Lipinski definition) is 1. The van der Waals surface area contributed by atoms with Crippen molar-refractivity contribution in [2.75, 3.05) is 6.54 Å². The summed E-state index contributed by atoms with van der Waals surface area (Å²) < 4.78 is 2.38. The maximum Gasteiger partial charge on any atom is 0.109 e. The molecule has 2 rings (SSSR count). The molecule has 0 aliphatic carbocycles. The third-order valence-electron chi connectivity index (χ3n) is 3.52. The lowest BCUT2D eigenvalue weighted by Gasteiger charge is -2.24. The number of nitrogens with zero attached hydrogens (tertiary/aromatic N) is 2. The van der Waals surface area contributed by atoms with E-state index in [9.17, 15) is 0 Å². The number of hydrogen-bond acceptors (Lipinski definition) is 2. The van der Waals surface area contributed by atoms with Crippen molar-refractivity contribution < 1.29 is 0 Å². The van der Waals surface area contributed by atoms with Crippen molar-refractivity contribution in [3.8, 4) is 0 Å². The fourth-order valence-corrected chi connectivity index (χ4v) is 2.46. The van der Waals surface area contributed by atoms with Crippen LogP contribution in [-0.2, 0) is 13.0 Å². The van der Waals surface area contributed by atoms with Gasteiger partial charge in [-0.05, 0) is 45.4 Å². The van der Waals surface area contributed by atoms with Crippen LogP contribution in [0.2, 0.25) is 0 Å². The molecule has 1 aromatic heterocycles. The van der Waals surface area contributed by atoms with Crippen molar-refractivity contribution in [3.05, 3.63) is 30.1 Å². The van der Waals surface area contributed by atoms with Crippen molar-refractivity contribution in [2.45, 2.75) is 53.1 Å². The Morgan fingerprint density at radius 1 is 1.25 bits per heavy atom. The van der Waals surface area contributed by atoms with Gasteiger partial charge in [0.05, 0.1) is 11.0 Å². The molecule has 0 amide bonds. The summed E-state index contributed by atoms with van der Waals surface area (Å²) in [6.45, 7) is 13.2. The summed E-state index contributed by atoms with van der Waals surface area (Å²) in [5.41, 5.74) is 2.55. The Balaban J connectivity index is 2.16. The fourth-order valence-electron chi connectivity index (χ4n) is 2.46. The van der Waals surface area contributed by atoms with E-state index in [1.165, 1.54) is 11.3 Å². The molecular formula is C17H27N3. The highest BCUT2D eigenvalue weighted by Crippen LogP contribution is 2.18. The molecule has 0 saturated carbocycles. The zero-order valence-corrected chi connectivity index (χ0v) is 13.4. The number of fused-ring (bicyclic) bond motifs is 1. The number of imidazole rings is 1. The van der Waals surface area contributed by atoms with Crippen molar-refractivity contribution in [1.82, 2.24) is 14.9 Å². The van der Waals surface area contributed by atoms with Crippen LogP contribution in [0.15, 0.2) is 24.3 Å². The summed E-state index contributed by atoms with van der Waals surface area (Å²) >= 11 is 0. The van der Waals surface area contributed by atoms with Crippen LogP contribution in [-0.4, -0.2) is 21.6 Å². The second kappa shape index (κ2) is 5.96. The van der Waals surface area contributed by atoms with Gasteiger partial charge in [0.25, 0.3) is 0 Å². The maximum absolute atomic E-state index is 4.74. The summed E-state index contributed by atoms with van der Waals surface area (Å²) in [6, 6.07) is 8.43. The number of rotatable bonds is 5. The molecule has 1 N–H and O–H groups in total. The van der Waals surface area contributed by atoms with Crippen molar-refractivity contribution in [2.24, 2.45) is 5.92 Å². The molecule has 1 atom stereocenters. The van der Waals surface area contributed by atoms with Crippen LogP contribution < -0.4 is 5.32 Å². The molecule has 0 bridgehead atoms. The third kappa shape index (κ3) is 3.60. The molecule has 1 unspecified atom stereocenters. The highest BCUT2D eigenvalue weighted by molar-refractivity contribution is 5.75. The standard InChI is InChI=1S/C17H27N3/c1-6-16-19-14-9-7-8-10-15(14)20(16)12-13(2)11-18-17(3,4)5/h7-10,13,18H,6,11-12H2,1-5H3. The van der Waals surface area contributed by atoms with Crippen molar-refractivity contribution in [1.29, 1.82) is 0 Å². The van der Waals surface area contributed by atoms with E-state index in [0.717, 1.165) is 25.0 Å². The van der Waals surface area contributed by atoms with E-state index in [-0.39, 0.29) is 5.54 Å². The van der Waals surface area contributed by atoms with E-state index in [1.54, 1.807) is 0 Å². The van der Waals surface area contributed by atoms with Crippen LogP contribution >= 0.6 is 0 Å². The summed E-state index contributed by atoms with van der Waals surface area (Å²) in [4.78, 5) is 4.74. The molecule has 0 fully saturated rings. The smallest absolute Gasteiger partial charge is 0.109 e. The Morgan fingerprint density at radius 3 is 2.60 bits per heavy atom. The van der Waals surface area contributed by atoms with E-state index >= 15 is 0 Å². The number of aryl methyl sites for hydroxylation is 1. The molecule has 3 heteroatoms. The second-order valence-electron chi connectivity index (χ2n) is 6.72. The van der Waals surface area contributed by atoms with Gasteiger partial charge in [-0.1, -0.05) is 26.0 Å². The van der Waals surface area contributed by atoms with E-state index < -0.39 is 0 Å². The molecule has 3 nitrogen and oxygen atoms in total. The van der Waals surface area contributed by atoms with Gasteiger partial charge in [0, 0.05) is 18.5 Å². The van der Waals surface area contributed by atoms with E-state index in [4.69, 9.17) is 4.98 Å². The van der Waals surface area contributed by atoms with Gasteiger partial charge in [0.2, 0.25) is 0 Å². The zero-order valence-electron chi connectivity index (χ0n) is 13.4. The fraction of sp³-hybridized carbons (Fsp3) is 0.588. The topological polar surface area (TPSA) is 29.9 Å². The lowest BCUT2D eigenvalue weighted by Crippen LogP contribution is -2.39. The van der Waals surface area contributed by atoms with Gasteiger partial charge >= 0.3 is 0 Å². The lowest BCUT2D eigenvalue weighted by molar-refractivity contribution is 0.360. The minimum atomic E-state index is 0.179. The van der Waals surface area contributed by atoms with Crippen molar-refractivity contribution >= 4 is 11.0 Å². The van der Waals surface area contributed by atoms with Gasteiger partial charge < -0.3 is 9.88 Å². The summed E-state index contributed by atoms with van der Waals surface area (Å²) in [6.07, 6.45) is 0.980. The molecule has 1 heterocycles. The molecule has 1 aromatic carbocycles. The van der Waals surface area contributed by atoms with Crippen LogP contribution in [0.5, 0.6) is 0 Å². The average Bonchev–Trinajstić information content (AvgIpc) is 2.74. The number of benzene rings is 1. The molecule has 0 spiro atoms. The Hall–Kier alpha value is -1.35. The van der Waals surface area contributed by atoms with Gasteiger partial charge in [-0.3, -0.25) is 0 Å². The van der Waals surface area contributed by atoms with Gasteiger partial charge in [-0.2, -0.15) is 0 Å². The summed E-state index contributed by atoms with van der Waals surface area (Å²) in [7, 11) is 0. The monoisotopic (exact) mass is 273 g/mol. The molecule has 0 aliphatic rings. The van der Waals surface area contributed by atoms with Gasteiger partial charge in [0.1, 0.15) is 5.82 Å². The van der Waals surface area contributed by atoms with Crippen LogP contribution in [0.1, 0.15) is 40.4 Å². The van der Waals surface area contributed by atoms with Gasteiger partial charge in [-0.15, -0.1) is 0 Å². The molecule has 0 radical (unpaired) electrons. The van der Waals surface area contributed by atoms with Crippen molar-refractivity contribution in [3.63, 3.8) is 0 Å². The van der Waals surface area contributed by atoms with E-state index in [1.807, 2.05) is 0 Å². The van der Waals surface area contributed by atoms with Crippen LogP contribution in [0, 0.1) is 5.92 Å². The van der Waals surface area contributed by atoms with Gasteiger partial charge in [-0.25, -0.2) is 4.98 Å². The molecule has 0 saturated heterocycles. The molecule has 20 heavy (non-hydrogen) atoms. The number of para-hydroxylation sites is 2. The molecule has 2 aromatic rings. The SMILES string of the molecule is CCc1nc2ccccc2n1CC(C)CNC(C)(C)C. The summed E-state index contributed by atoms with van der Waals surface area (Å²) in [5.74, 6) is 1.77. The number of nitrogens with one attached hydrogen (secondary N) is 1. The first kappa shape index (κ1) is 15.0. The normalized spacial score (nSPS) is 13.8. The Labute approximate surface area is 122 Å². The predicted molar refractivity (Wildman–Crippen MR) is 86.0 cm³/mol. The highest BCUT2D eigenvalue weighted by atomic mass is 15.1. The highest BCUT2D eigenvalue weighted by Gasteiger charge is 2.14. The quantitative estimate of drug-likeness (QED) is 0.901. The average molecular weight is 273 g/mol. The van der Waals surface area contributed by atoms with Crippen LogP contribution in [0.3, 0.4) is 0 Å². The Kier molecular flexibility index (Phi) is 4.48. The van der Waals surface area contributed by atoms with Gasteiger partial charge in [0.15, 0.2) is 0 Å². The Bertz CT molecular complexity index is 563. The number of aromatic nitrogens is 2. The Morgan fingerprint density at radius 2 is 1.95 bits per heavy atom. The third-order valence-corrected chi connectivity index (χ3v) is 3.52. The first-order chi connectivity index (χ1) is 9.40. The summed E-state index contributed by atoms with van der Waals surface area (Å²) in [5, 5.41) is 3.59. The second-order valence-corrected chi connectivity index (χ2v) is 6.72. The van der Waals surface area contributed by atoms with Crippen LogP contribution in [0.25, 0.3) is 11.0 Å². The maximum atomic E-state index is 4.74. The minimum absolute atomic E-state index is 0.179. The lowest BCUT2D eigenvalue weighted by atomic mass is 10.1. The van der Waals surface area contributed by atoms with E-state index in [2.05, 4.69) is 68.8 Å². The first-order valence-corrected chi connectivity index (χ1v) is 7.60. The predicted octanol–water partition coefficient (Wildman–Crippen LogP) is 3.62. The largest absolute Gasteiger partial charge is 0.328 e. The van der Waals surface area contributed by atoms with E-state index in [0.29, 0.717) is 5.92 Å². The molecule has 0 aliphatic heterocycles. The van der Waals surface area contributed by atoms with Crippen LogP contribution in [0.4, 0.5) is 0 Å².